The molecule has 7 nitrogen and oxygen atoms in total. The summed E-state index contributed by atoms with van der Waals surface area (Å²) < 4.78 is 5.45. The van der Waals surface area contributed by atoms with Crippen LogP contribution in [0.15, 0.2) is 64.5 Å². The van der Waals surface area contributed by atoms with Crippen molar-refractivity contribution in [1.82, 2.24) is 23.7 Å². The SMILES string of the molecule is Cc1ccccc1-n1c(C)cc(C(=O)CSc2nnc3n(C)c(=O)c4ccccc4n23)c1C. The zero-order chi connectivity index (χ0) is 23.3. The fourth-order valence-electron chi connectivity index (χ4n) is 4.34. The number of para-hydroxylation sites is 2. The molecule has 0 fully saturated rings. The Bertz CT molecular complexity index is 1610. The van der Waals surface area contributed by atoms with E-state index in [4.69, 9.17) is 0 Å². The van der Waals surface area contributed by atoms with Crippen LogP contribution in [0.25, 0.3) is 22.4 Å². The number of ketones is 1. The molecule has 3 aromatic heterocycles. The standard InChI is InChI=1S/C25H23N5O2S/c1-15-9-5-7-11-20(15)29-16(2)13-19(17(29)3)22(31)14-33-25-27-26-24-28(4)23(32)18-10-6-8-12-21(18)30(24)25/h5-13H,14H2,1-4H3. The number of aryl methyl sites for hydroxylation is 3. The van der Waals surface area contributed by atoms with Crippen molar-refractivity contribution in [1.29, 1.82) is 0 Å². The van der Waals surface area contributed by atoms with Gasteiger partial charge in [-0.1, -0.05) is 42.1 Å². The van der Waals surface area contributed by atoms with E-state index in [-0.39, 0.29) is 17.1 Å². The van der Waals surface area contributed by atoms with E-state index in [0.717, 1.165) is 28.2 Å². The zero-order valence-electron chi connectivity index (χ0n) is 18.9. The maximum atomic E-state index is 13.2. The number of hydrogen-bond acceptors (Lipinski definition) is 5. The summed E-state index contributed by atoms with van der Waals surface area (Å²) in [5.74, 6) is 0.695. The lowest BCUT2D eigenvalue weighted by molar-refractivity contribution is 0.102. The monoisotopic (exact) mass is 457 g/mol. The van der Waals surface area contributed by atoms with Crippen LogP contribution in [0.5, 0.6) is 0 Å². The Balaban J connectivity index is 1.49. The highest BCUT2D eigenvalue weighted by Crippen LogP contribution is 2.26. The molecular weight excluding hydrogens is 434 g/mol. The molecule has 0 bridgehead atoms. The Morgan fingerprint density at radius 3 is 2.52 bits per heavy atom. The van der Waals surface area contributed by atoms with E-state index in [1.165, 1.54) is 16.3 Å². The number of thioether (sulfide) groups is 1. The molecule has 33 heavy (non-hydrogen) atoms. The first-order chi connectivity index (χ1) is 15.9. The van der Waals surface area contributed by atoms with Crippen molar-refractivity contribution in [3.8, 4) is 5.69 Å². The largest absolute Gasteiger partial charge is 0.318 e. The highest BCUT2D eigenvalue weighted by molar-refractivity contribution is 7.99. The van der Waals surface area contributed by atoms with Gasteiger partial charge in [0.25, 0.3) is 5.56 Å². The smallest absolute Gasteiger partial charge is 0.262 e. The molecule has 0 spiro atoms. The molecule has 0 saturated heterocycles. The van der Waals surface area contributed by atoms with Gasteiger partial charge < -0.3 is 4.57 Å². The van der Waals surface area contributed by atoms with Crippen molar-refractivity contribution in [3.63, 3.8) is 0 Å². The van der Waals surface area contributed by atoms with Gasteiger partial charge in [-0.15, -0.1) is 10.2 Å². The lowest BCUT2D eigenvalue weighted by Gasteiger charge is -2.12. The van der Waals surface area contributed by atoms with Crippen molar-refractivity contribution in [2.24, 2.45) is 7.05 Å². The Labute approximate surface area is 194 Å². The predicted octanol–water partition coefficient (Wildman–Crippen LogP) is 4.27. The molecule has 0 atom stereocenters. The average Bonchev–Trinajstić information content (AvgIpc) is 3.37. The van der Waals surface area contributed by atoms with E-state index in [1.807, 2.05) is 54.6 Å². The summed E-state index contributed by atoms with van der Waals surface area (Å²) in [5.41, 5.74) is 5.48. The molecule has 0 radical (unpaired) electrons. The number of nitrogens with zero attached hydrogens (tertiary/aromatic N) is 5. The van der Waals surface area contributed by atoms with Crippen molar-refractivity contribution < 1.29 is 4.79 Å². The van der Waals surface area contributed by atoms with Crippen LogP contribution in [-0.2, 0) is 7.05 Å². The summed E-state index contributed by atoms with van der Waals surface area (Å²) in [6.07, 6.45) is 0. The van der Waals surface area contributed by atoms with E-state index < -0.39 is 0 Å². The van der Waals surface area contributed by atoms with E-state index in [9.17, 15) is 9.59 Å². The number of aromatic nitrogens is 5. The third-order valence-corrected chi connectivity index (χ3v) is 6.95. The van der Waals surface area contributed by atoms with Gasteiger partial charge >= 0.3 is 0 Å². The van der Waals surface area contributed by atoms with Gasteiger partial charge in [0.15, 0.2) is 10.9 Å². The minimum absolute atomic E-state index is 0.0267. The number of carbonyl (C=O) groups excluding carboxylic acids is 1. The van der Waals surface area contributed by atoms with Crippen molar-refractivity contribution in [2.75, 3.05) is 5.75 Å². The number of rotatable bonds is 5. The third-order valence-electron chi connectivity index (χ3n) is 6.02. The van der Waals surface area contributed by atoms with Gasteiger partial charge in [-0.05, 0) is 50.6 Å². The molecule has 0 saturated carbocycles. The highest BCUT2D eigenvalue weighted by Gasteiger charge is 2.20. The molecule has 3 heterocycles. The van der Waals surface area contributed by atoms with Gasteiger partial charge in [-0.3, -0.25) is 18.6 Å². The van der Waals surface area contributed by atoms with Crippen LogP contribution in [0.4, 0.5) is 0 Å². The molecular formula is C25H23N5O2S. The summed E-state index contributed by atoms with van der Waals surface area (Å²) in [6, 6.07) is 17.5. The van der Waals surface area contributed by atoms with Gasteiger partial charge in [0.2, 0.25) is 5.78 Å². The minimum atomic E-state index is -0.123. The van der Waals surface area contributed by atoms with Crippen LogP contribution >= 0.6 is 11.8 Å². The van der Waals surface area contributed by atoms with Gasteiger partial charge in [-0.25, -0.2) is 0 Å². The van der Waals surface area contributed by atoms with Crippen LogP contribution in [0.1, 0.15) is 27.3 Å². The first-order valence-corrected chi connectivity index (χ1v) is 11.6. The lowest BCUT2D eigenvalue weighted by Crippen LogP contribution is -2.20. The highest BCUT2D eigenvalue weighted by atomic mass is 32.2. The summed E-state index contributed by atoms with van der Waals surface area (Å²) in [5, 5.41) is 9.65. The van der Waals surface area contributed by atoms with E-state index >= 15 is 0 Å². The molecule has 0 unspecified atom stereocenters. The first kappa shape index (κ1) is 21.2. The first-order valence-electron chi connectivity index (χ1n) is 10.6. The van der Waals surface area contributed by atoms with E-state index in [2.05, 4.69) is 33.8 Å². The molecule has 8 heteroatoms. The Morgan fingerprint density at radius 2 is 1.73 bits per heavy atom. The summed E-state index contributed by atoms with van der Waals surface area (Å²) in [7, 11) is 1.68. The molecule has 0 N–H and O–H groups in total. The van der Waals surface area contributed by atoms with Gasteiger partial charge in [0, 0.05) is 29.7 Å². The number of fused-ring (bicyclic) bond motifs is 3. The predicted molar refractivity (Wildman–Crippen MR) is 131 cm³/mol. The van der Waals surface area contributed by atoms with Crippen molar-refractivity contribution in [2.45, 2.75) is 25.9 Å². The molecule has 5 rings (SSSR count). The molecule has 5 aromatic rings. The van der Waals surface area contributed by atoms with Crippen LogP contribution in [0, 0.1) is 20.8 Å². The molecule has 0 amide bonds. The number of hydrogen-bond donors (Lipinski definition) is 0. The lowest BCUT2D eigenvalue weighted by atomic mass is 10.1. The van der Waals surface area contributed by atoms with Gasteiger partial charge in [-0.2, -0.15) is 0 Å². The molecule has 0 aliphatic heterocycles. The van der Waals surface area contributed by atoms with Crippen LogP contribution in [-0.4, -0.2) is 35.3 Å². The van der Waals surface area contributed by atoms with Crippen molar-refractivity contribution >= 4 is 34.2 Å². The minimum Gasteiger partial charge on any atom is -0.318 e. The Hall–Kier alpha value is -3.65. The normalized spacial score (nSPS) is 11.5. The quantitative estimate of drug-likeness (QED) is 0.291. The molecule has 166 valence electrons. The second-order valence-electron chi connectivity index (χ2n) is 8.12. The van der Waals surface area contributed by atoms with Crippen LogP contribution < -0.4 is 5.56 Å². The average molecular weight is 458 g/mol. The topological polar surface area (TPSA) is 74.2 Å². The second-order valence-corrected chi connectivity index (χ2v) is 9.06. The summed E-state index contributed by atoms with van der Waals surface area (Å²) >= 11 is 1.33. The van der Waals surface area contributed by atoms with Gasteiger partial charge in [0.1, 0.15) is 0 Å². The third kappa shape index (κ3) is 3.38. The van der Waals surface area contributed by atoms with E-state index in [0.29, 0.717) is 21.9 Å². The van der Waals surface area contributed by atoms with Crippen LogP contribution in [0.3, 0.4) is 0 Å². The number of benzene rings is 2. The number of Topliss-reactive ketones (excluding diaryl/α,β-unsaturated/α-hetero) is 1. The number of carbonyl (C=O) groups is 1. The van der Waals surface area contributed by atoms with Crippen molar-refractivity contribution in [3.05, 3.63) is 87.5 Å². The van der Waals surface area contributed by atoms with Crippen LogP contribution in [0.2, 0.25) is 0 Å². The Morgan fingerprint density at radius 1 is 1.00 bits per heavy atom. The fraction of sp³-hybridized carbons (Fsp3) is 0.200. The second kappa shape index (κ2) is 8.04. The molecule has 0 aliphatic rings. The molecule has 2 aromatic carbocycles. The fourth-order valence-corrected chi connectivity index (χ4v) is 5.17. The van der Waals surface area contributed by atoms with Gasteiger partial charge in [0.05, 0.1) is 16.7 Å². The maximum absolute atomic E-state index is 13.2. The summed E-state index contributed by atoms with van der Waals surface area (Å²) in [6.45, 7) is 6.06. The van der Waals surface area contributed by atoms with E-state index in [1.54, 1.807) is 13.1 Å². The molecule has 0 aliphatic carbocycles. The summed E-state index contributed by atoms with van der Waals surface area (Å²) in [4.78, 5) is 25.9. The Kier molecular flexibility index (Phi) is 5.17. The maximum Gasteiger partial charge on any atom is 0.262 e. The zero-order valence-corrected chi connectivity index (χ0v) is 19.7.